The van der Waals surface area contributed by atoms with E-state index >= 15 is 0 Å². The Bertz CT molecular complexity index is 808. The van der Waals surface area contributed by atoms with Crippen LogP contribution >= 0.6 is 15.9 Å². The van der Waals surface area contributed by atoms with Crippen molar-refractivity contribution in [3.8, 4) is 0 Å². The van der Waals surface area contributed by atoms with Crippen LogP contribution in [0.3, 0.4) is 0 Å². The molecule has 0 spiro atoms. The lowest BCUT2D eigenvalue weighted by atomic mass is 10.1. The molecule has 1 aromatic carbocycles. The van der Waals surface area contributed by atoms with Gasteiger partial charge in [0, 0.05) is 4.47 Å². The van der Waals surface area contributed by atoms with Crippen LogP contribution in [0.25, 0.3) is 0 Å². The lowest BCUT2D eigenvalue weighted by Gasteiger charge is -2.14. The first-order valence-electron chi connectivity index (χ1n) is 8.12. The number of benzene rings is 1. The zero-order chi connectivity index (χ0) is 18.5. The normalized spacial score (nSPS) is 23.3. The second-order valence-corrected chi connectivity index (χ2v) is 8.31. The number of rotatable bonds is 4. The molecule has 5 nitrogen and oxygen atoms in total. The largest absolute Gasteiger partial charge is 0.443 e. The molecular weight excluding hydrogens is 386 g/mol. The minimum atomic E-state index is -0.440. The van der Waals surface area contributed by atoms with Crippen molar-refractivity contribution in [1.82, 2.24) is 4.90 Å². The first-order valence-corrected chi connectivity index (χ1v) is 8.91. The Morgan fingerprint density at radius 3 is 2.52 bits per heavy atom. The van der Waals surface area contributed by atoms with E-state index in [1.54, 1.807) is 18.2 Å². The number of carbonyl (C=O) groups is 3. The number of allylic oxidation sites excluding steroid dienone is 2. The van der Waals surface area contributed by atoms with E-state index < -0.39 is 11.8 Å². The number of halogens is 1. The SMILES string of the molecule is CC(C)=C[C@@H]1[C@@H](C(=O)OCN2C(=O)c3ccc(Br)cc3C2=O)C1(C)C. The number of esters is 1. The van der Waals surface area contributed by atoms with Gasteiger partial charge in [-0.15, -0.1) is 0 Å². The van der Waals surface area contributed by atoms with Crippen LogP contribution in [0.15, 0.2) is 34.3 Å². The van der Waals surface area contributed by atoms with Gasteiger partial charge < -0.3 is 4.74 Å². The van der Waals surface area contributed by atoms with Crippen LogP contribution in [0.5, 0.6) is 0 Å². The maximum absolute atomic E-state index is 12.4. The quantitative estimate of drug-likeness (QED) is 0.434. The topological polar surface area (TPSA) is 63.7 Å². The summed E-state index contributed by atoms with van der Waals surface area (Å²) in [6, 6.07) is 4.90. The highest BCUT2D eigenvalue weighted by atomic mass is 79.9. The van der Waals surface area contributed by atoms with Gasteiger partial charge in [-0.2, -0.15) is 0 Å². The Morgan fingerprint density at radius 1 is 1.24 bits per heavy atom. The number of amides is 2. The summed E-state index contributed by atoms with van der Waals surface area (Å²) in [4.78, 5) is 38.1. The minimum Gasteiger partial charge on any atom is -0.443 e. The fourth-order valence-electron chi connectivity index (χ4n) is 3.40. The van der Waals surface area contributed by atoms with Crippen molar-refractivity contribution < 1.29 is 19.1 Å². The third-order valence-electron chi connectivity index (χ3n) is 4.95. The monoisotopic (exact) mass is 405 g/mol. The molecule has 2 aliphatic rings. The fourth-order valence-corrected chi connectivity index (χ4v) is 3.76. The minimum absolute atomic E-state index is 0.128. The maximum Gasteiger partial charge on any atom is 0.311 e. The van der Waals surface area contributed by atoms with Gasteiger partial charge in [0.1, 0.15) is 0 Å². The Balaban J connectivity index is 1.67. The number of imide groups is 1. The molecule has 1 aliphatic carbocycles. The molecule has 3 rings (SSSR count). The van der Waals surface area contributed by atoms with E-state index in [4.69, 9.17) is 4.74 Å². The zero-order valence-corrected chi connectivity index (χ0v) is 16.2. The molecule has 2 amide bonds. The van der Waals surface area contributed by atoms with Gasteiger partial charge >= 0.3 is 5.97 Å². The molecule has 0 aromatic heterocycles. The van der Waals surface area contributed by atoms with Crippen LogP contribution in [0.2, 0.25) is 0 Å². The third kappa shape index (κ3) is 3.03. The standard InChI is InChI=1S/C19H20BrNO4/c1-10(2)7-14-15(19(14,3)4)18(24)25-9-21-16(22)12-6-5-11(20)8-13(12)17(21)23/h5-8,14-15H,9H2,1-4H3/t14-,15+/m1/s1. The Labute approximate surface area is 155 Å². The van der Waals surface area contributed by atoms with Gasteiger partial charge in [-0.25, -0.2) is 4.90 Å². The Hall–Kier alpha value is -1.95. The number of carbonyl (C=O) groups excluding carboxylic acids is 3. The lowest BCUT2D eigenvalue weighted by Crippen LogP contribution is -2.33. The van der Waals surface area contributed by atoms with Gasteiger partial charge in [0.15, 0.2) is 6.73 Å². The van der Waals surface area contributed by atoms with Gasteiger partial charge in [-0.1, -0.05) is 41.4 Å². The molecule has 6 heteroatoms. The molecule has 0 unspecified atom stereocenters. The van der Waals surface area contributed by atoms with Gasteiger partial charge in [0.25, 0.3) is 11.8 Å². The average molecular weight is 406 g/mol. The van der Waals surface area contributed by atoms with Crippen LogP contribution in [-0.4, -0.2) is 29.4 Å². The number of nitrogens with zero attached hydrogens (tertiary/aromatic N) is 1. The van der Waals surface area contributed by atoms with E-state index in [1.807, 2.05) is 27.7 Å². The number of hydrogen-bond donors (Lipinski definition) is 0. The Morgan fingerprint density at radius 2 is 1.88 bits per heavy atom. The second kappa shape index (κ2) is 6.09. The van der Waals surface area contributed by atoms with Crippen LogP contribution in [-0.2, 0) is 9.53 Å². The summed E-state index contributed by atoms with van der Waals surface area (Å²) in [5.74, 6) is -1.36. The smallest absolute Gasteiger partial charge is 0.311 e. The van der Waals surface area contributed by atoms with E-state index in [1.165, 1.54) is 0 Å². The summed E-state index contributed by atoms with van der Waals surface area (Å²) >= 11 is 3.29. The van der Waals surface area contributed by atoms with Crippen molar-refractivity contribution in [3.63, 3.8) is 0 Å². The molecule has 1 heterocycles. The van der Waals surface area contributed by atoms with Crippen LogP contribution in [0.1, 0.15) is 48.4 Å². The molecule has 1 aliphatic heterocycles. The molecule has 1 saturated carbocycles. The number of fused-ring (bicyclic) bond motifs is 1. The van der Waals surface area contributed by atoms with E-state index in [0.717, 1.165) is 14.9 Å². The van der Waals surface area contributed by atoms with Crippen molar-refractivity contribution in [2.75, 3.05) is 6.73 Å². The zero-order valence-electron chi connectivity index (χ0n) is 14.6. The Kier molecular flexibility index (Phi) is 4.35. The molecule has 0 saturated heterocycles. The summed E-state index contributed by atoms with van der Waals surface area (Å²) in [6.45, 7) is 7.67. The highest BCUT2D eigenvalue weighted by molar-refractivity contribution is 9.10. The molecule has 132 valence electrons. The molecule has 0 N–H and O–H groups in total. The van der Waals surface area contributed by atoms with Gasteiger partial charge in [-0.05, 0) is 43.4 Å². The summed E-state index contributed by atoms with van der Waals surface area (Å²) in [7, 11) is 0. The average Bonchev–Trinajstić information content (AvgIpc) is 2.96. The second-order valence-electron chi connectivity index (χ2n) is 7.39. The molecule has 1 aromatic rings. The van der Waals surface area contributed by atoms with E-state index in [2.05, 4.69) is 22.0 Å². The third-order valence-corrected chi connectivity index (χ3v) is 5.44. The van der Waals surface area contributed by atoms with Crippen molar-refractivity contribution in [2.45, 2.75) is 27.7 Å². The van der Waals surface area contributed by atoms with Crippen LogP contribution < -0.4 is 0 Å². The van der Waals surface area contributed by atoms with E-state index in [-0.39, 0.29) is 30.0 Å². The van der Waals surface area contributed by atoms with E-state index in [0.29, 0.717) is 11.1 Å². The number of hydrogen-bond acceptors (Lipinski definition) is 4. The highest BCUT2D eigenvalue weighted by Gasteiger charge is 2.61. The summed E-state index contributed by atoms with van der Waals surface area (Å²) < 4.78 is 6.02. The summed E-state index contributed by atoms with van der Waals surface area (Å²) in [5, 5.41) is 0. The molecule has 2 atom stereocenters. The van der Waals surface area contributed by atoms with Crippen molar-refractivity contribution in [2.24, 2.45) is 17.3 Å². The van der Waals surface area contributed by atoms with Gasteiger partial charge in [0.05, 0.1) is 17.0 Å². The molecule has 0 bridgehead atoms. The fraction of sp³-hybridized carbons (Fsp3) is 0.421. The van der Waals surface area contributed by atoms with Crippen molar-refractivity contribution >= 4 is 33.7 Å². The predicted molar refractivity (Wildman–Crippen MR) is 95.8 cm³/mol. The first kappa shape index (κ1) is 17.9. The predicted octanol–water partition coefficient (Wildman–Crippen LogP) is 3.78. The van der Waals surface area contributed by atoms with Crippen molar-refractivity contribution in [3.05, 3.63) is 45.4 Å². The molecule has 25 heavy (non-hydrogen) atoms. The van der Waals surface area contributed by atoms with Crippen molar-refractivity contribution in [1.29, 1.82) is 0 Å². The molecule has 0 radical (unpaired) electrons. The van der Waals surface area contributed by atoms with Gasteiger partial charge in [0.2, 0.25) is 0 Å². The van der Waals surface area contributed by atoms with Gasteiger partial charge in [-0.3, -0.25) is 14.4 Å². The lowest BCUT2D eigenvalue weighted by molar-refractivity contribution is -0.148. The van der Waals surface area contributed by atoms with Crippen LogP contribution in [0, 0.1) is 17.3 Å². The first-order chi connectivity index (χ1) is 11.6. The summed E-state index contributed by atoms with van der Waals surface area (Å²) in [6.07, 6.45) is 2.07. The molecule has 1 fully saturated rings. The number of ether oxygens (including phenoxy) is 1. The summed E-state index contributed by atoms with van der Waals surface area (Å²) in [5.41, 5.74) is 1.64. The van der Waals surface area contributed by atoms with E-state index in [9.17, 15) is 14.4 Å². The highest BCUT2D eigenvalue weighted by Crippen LogP contribution is 2.59. The maximum atomic E-state index is 12.4. The van der Waals surface area contributed by atoms with Crippen LogP contribution in [0.4, 0.5) is 0 Å². The molecular formula is C19H20BrNO4.